The molecule has 1 aliphatic heterocycles. The lowest BCUT2D eigenvalue weighted by Crippen LogP contribution is -2.40. The summed E-state index contributed by atoms with van der Waals surface area (Å²) in [6.07, 6.45) is 1.13. The van der Waals surface area contributed by atoms with Crippen LogP contribution in [0.15, 0.2) is 24.3 Å². The van der Waals surface area contributed by atoms with Crippen LogP contribution in [0.2, 0.25) is 0 Å². The molecular weight excluding hydrogens is 270 g/mol. The van der Waals surface area contributed by atoms with Gasteiger partial charge in [0.2, 0.25) is 5.91 Å². The molecule has 0 saturated carbocycles. The van der Waals surface area contributed by atoms with Crippen LogP contribution < -0.4 is 0 Å². The second-order valence-electron chi connectivity index (χ2n) is 5.42. The molecule has 1 aliphatic rings. The molecule has 2 rings (SSSR count). The van der Waals surface area contributed by atoms with E-state index in [-0.39, 0.29) is 12.0 Å². The number of nitrogens with zero attached hydrogens (tertiary/aromatic N) is 1. The van der Waals surface area contributed by atoms with Gasteiger partial charge in [0.25, 0.3) is 0 Å². The van der Waals surface area contributed by atoms with E-state index in [0.29, 0.717) is 25.8 Å². The van der Waals surface area contributed by atoms with E-state index >= 15 is 0 Å². The molecule has 5 nitrogen and oxygen atoms in total. The third-order valence-corrected chi connectivity index (χ3v) is 4.07. The fourth-order valence-corrected chi connectivity index (χ4v) is 2.75. The fraction of sp³-hybridized carbons (Fsp3) is 0.500. The Labute approximate surface area is 124 Å². The van der Waals surface area contributed by atoms with E-state index in [9.17, 15) is 14.7 Å². The zero-order chi connectivity index (χ0) is 15.4. The standard InChI is InChI=1S/C16H21NO4/c1-11-5-3-4-6-12(11)7-8-15(18)17-10-13(21-2)9-14(17)16(19)20/h3-6,13-14H,7-10H2,1-2H3,(H,19,20). The predicted molar refractivity (Wildman–Crippen MR) is 78.1 cm³/mol. The summed E-state index contributed by atoms with van der Waals surface area (Å²) in [6, 6.07) is 7.16. The lowest BCUT2D eigenvalue weighted by molar-refractivity contribution is -0.148. The maximum atomic E-state index is 12.3. The average Bonchev–Trinajstić information content (AvgIpc) is 2.90. The summed E-state index contributed by atoms with van der Waals surface area (Å²) in [4.78, 5) is 25.0. The smallest absolute Gasteiger partial charge is 0.326 e. The first-order valence-corrected chi connectivity index (χ1v) is 7.12. The van der Waals surface area contributed by atoms with Gasteiger partial charge in [-0.15, -0.1) is 0 Å². The Morgan fingerprint density at radius 2 is 2.10 bits per heavy atom. The Morgan fingerprint density at radius 3 is 2.71 bits per heavy atom. The molecule has 114 valence electrons. The second kappa shape index (κ2) is 6.72. The molecule has 1 aromatic carbocycles. The van der Waals surface area contributed by atoms with Crippen LogP contribution in [-0.4, -0.2) is 47.7 Å². The molecule has 0 bridgehead atoms. The first-order chi connectivity index (χ1) is 10.0. The molecule has 2 atom stereocenters. The zero-order valence-electron chi connectivity index (χ0n) is 12.4. The molecule has 0 radical (unpaired) electrons. The fourth-order valence-electron chi connectivity index (χ4n) is 2.75. The third-order valence-electron chi connectivity index (χ3n) is 4.07. The van der Waals surface area contributed by atoms with Crippen LogP contribution in [0.5, 0.6) is 0 Å². The lowest BCUT2D eigenvalue weighted by Gasteiger charge is -2.21. The van der Waals surface area contributed by atoms with Gasteiger partial charge in [0.05, 0.1) is 6.10 Å². The molecule has 0 aromatic heterocycles. The SMILES string of the molecule is COC1CC(C(=O)O)N(C(=O)CCc2ccccc2C)C1. The highest BCUT2D eigenvalue weighted by Gasteiger charge is 2.39. The van der Waals surface area contributed by atoms with Gasteiger partial charge in [-0.2, -0.15) is 0 Å². The van der Waals surface area contributed by atoms with Crippen LogP contribution in [-0.2, 0) is 20.7 Å². The van der Waals surface area contributed by atoms with Crippen molar-refractivity contribution in [3.8, 4) is 0 Å². The van der Waals surface area contributed by atoms with Gasteiger partial charge in [-0.25, -0.2) is 4.79 Å². The molecule has 1 aromatic rings. The summed E-state index contributed by atoms with van der Waals surface area (Å²) < 4.78 is 5.20. The van der Waals surface area contributed by atoms with Gasteiger partial charge in [-0.1, -0.05) is 24.3 Å². The summed E-state index contributed by atoms with van der Waals surface area (Å²) in [5.41, 5.74) is 2.27. The average molecular weight is 291 g/mol. The van der Waals surface area contributed by atoms with Crippen LogP contribution in [0.25, 0.3) is 0 Å². The van der Waals surface area contributed by atoms with Crippen molar-refractivity contribution in [2.75, 3.05) is 13.7 Å². The van der Waals surface area contributed by atoms with Gasteiger partial charge in [-0.05, 0) is 24.5 Å². The molecule has 1 N–H and O–H groups in total. The van der Waals surface area contributed by atoms with Crippen LogP contribution in [0.4, 0.5) is 0 Å². The Balaban J connectivity index is 1.99. The van der Waals surface area contributed by atoms with Gasteiger partial charge in [-0.3, -0.25) is 4.79 Å². The molecule has 0 aliphatic carbocycles. The van der Waals surface area contributed by atoms with Crippen LogP contribution in [0, 0.1) is 6.92 Å². The van der Waals surface area contributed by atoms with Crippen LogP contribution in [0.1, 0.15) is 24.0 Å². The zero-order valence-corrected chi connectivity index (χ0v) is 12.4. The van der Waals surface area contributed by atoms with Gasteiger partial charge in [0.1, 0.15) is 6.04 Å². The van der Waals surface area contributed by atoms with Crippen molar-refractivity contribution in [2.45, 2.75) is 38.3 Å². The number of rotatable bonds is 5. The molecule has 0 spiro atoms. The van der Waals surface area contributed by atoms with Crippen LogP contribution >= 0.6 is 0 Å². The summed E-state index contributed by atoms with van der Waals surface area (Å²) >= 11 is 0. The van der Waals surface area contributed by atoms with E-state index in [1.54, 1.807) is 7.11 Å². The predicted octanol–water partition coefficient (Wildman–Crippen LogP) is 1.63. The topological polar surface area (TPSA) is 66.8 Å². The van der Waals surface area contributed by atoms with Crippen LogP contribution in [0.3, 0.4) is 0 Å². The Bertz CT molecular complexity index is 529. The molecule has 21 heavy (non-hydrogen) atoms. The van der Waals surface area contributed by atoms with Crippen molar-refractivity contribution in [1.29, 1.82) is 0 Å². The van der Waals surface area contributed by atoms with E-state index < -0.39 is 12.0 Å². The number of carboxylic acids is 1. The second-order valence-corrected chi connectivity index (χ2v) is 5.42. The highest BCUT2D eigenvalue weighted by atomic mass is 16.5. The number of likely N-dealkylation sites (tertiary alicyclic amines) is 1. The van der Waals surface area contributed by atoms with Crippen molar-refractivity contribution >= 4 is 11.9 Å². The summed E-state index contributed by atoms with van der Waals surface area (Å²) in [5.74, 6) is -1.08. The maximum absolute atomic E-state index is 12.3. The number of carbonyl (C=O) groups is 2. The number of carboxylic acid groups (broad SMARTS) is 1. The number of carbonyl (C=O) groups excluding carboxylic acids is 1. The number of benzene rings is 1. The van der Waals surface area contributed by atoms with E-state index in [4.69, 9.17) is 4.74 Å². The normalized spacial score (nSPS) is 21.5. The molecule has 1 amide bonds. The number of aryl methyl sites for hydroxylation is 2. The summed E-state index contributed by atoms with van der Waals surface area (Å²) in [5, 5.41) is 9.23. The number of amides is 1. The summed E-state index contributed by atoms with van der Waals surface area (Å²) in [6.45, 7) is 2.37. The first-order valence-electron chi connectivity index (χ1n) is 7.12. The molecule has 5 heteroatoms. The van der Waals surface area contributed by atoms with E-state index in [1.807, 2.05) is 31.2 Å². The van der Waals surface area contributed by atoms with Crippen molar-refractivity contribution in [3.05, 3.63) is 35.4 Å². The number of methoxy groups -OCH3 is 1. The minimum atomic E-state index is -0.959. The van der Waals surface area contributed by atoms with E-state index in [2.05, 4.69) is 0 Å². The first kappa shape index (κ1) is 15.5. The number of ether oxygens (including phenoxy) is 1. The quantitative estimate of drug-likeness (QED) is 0.895. The number of aliphatic carboxylic acids is 1. The Morgan fingerprint density at radius 1 is 1.38 bits per heavy atom. The van der Waals surface area contributed by atoms with Crippen molar-refractivity contribution in [1.82, 2.24) is 4.90 Å². The van der Waals surface area contributed by atoms with E-state index in [0.717, 1.165) is 11.1 Å². The van der Waals surface area contributed by atoms with Gasteiger partial charge in [0, 0.05) is 26.5 Å². The van der Waals surface area contributed by atoms with Gasteiger partial charge in [0.15, 0.2) is 0 Å². The largest absolute Gasteiger partial charge is 0.480 e. The number of hydrogen-bond acceptors (Lipinski definition) is 3. The summed E-state index contributed by atoms with van der Waals surface area (Å²) in [7, 11) is 1.55. The highest BCUT2D eigenvalue weighted by Crippen LogP contribution is 2.22. The van der Waals surface area contributed by atoms with Gasteiger partial charge >= 0.3 is 5.97 Å². The Hall–Kier alpha value is -1.88. The highest BCUT2D eigenvalue weighted by molar-refractivity contribution is 5.84. The van der Waals surface area contributed by atoms with Crippen molar-refractivity contribution < 1.29 is 19.4 Å². The minimum absolute atomic E-state index is 0.120. The molecule has 1 saturated heterocycles. The maximum Gasteiger partial charge on any atom is 0.326 e. The van der Waals surface area contributed by atoms with E-state index in [1.165, 1.54) is 4.90 Å². The Kier molecular flexibility index (Phi) is 4.96. The molecule has 1 heterocycles. The van der Waals surface area contributed by atoms with Crippen molar-refractivity contribution in [2.24, 2.45) is 0 Å². The molecular formula is C16H21NO4. The number of hydrogen-bond donors (Lipinski definition) is 1. The lowest BCUT2D eigenvalue weighted by atomic mass is 10.0. The minimum Gasteiger partial charge on any atom is -0.480 e. The van der Waals surface area contributed by atoms with Gasteiger partial charge < -0.3 is 14.7 Å². The monoisotopic (exact) mass is 291 g/mol. The molecule has 2 unspecified atom stereocenters. The van der Waals surface area contributed by atoms with Crippen molar-refractivity contribution in [3.63, 3.8) is 0 Å². The molecule has 1 fully saturated rings. The third kappa shape index (κ3) is 3.61.